The Bertz CT molecular complexity index is 106. The Labute approximate surface area is 72.0 Å². The van der Waals surface area contributed by atoms with Gasteiger partial charge in [0.2, 0.25) is 0 Å². The molecule has 0 aliphatic carbocycles. The molecule has 1 aliphatic heterocycles. The minimum absolute atomic E-state index is 0.0891. The Balaban J connectivity index is 2.52. The van der Waals surface area contributed by atoms with Gasteiger partial charge in [0.05, 0.1) is 6.61 Å². The van der Waals surface area contributed by atoms with Crippen LogP contribution in [0.15, 0.2) is 0 Å². The number of hydrogen-bond donors (Lipinski definition) is 3. The van der Waals surface area contributed by atoms with Crippen LogP contribution >= 0.6 is 22.6 Å². The van der Waals surface area contributed by atoms with E-state index in [9.17, 15) is 0 Å². The first-order valence-electron chi connectivity index (χ1n) is 2.93. The molecular weight excluding hydrogens is 251 g/mol. The van der Waals surface area contributed by atoms with E-state index in [1.54, 1.807) is 0 Å². The number of aliphatic hydroxyl groups is 3. The van der Waals surface area contributed by atoms with E-state index < -0.39 is 22.4 Å². The van der Waals surface area contributed by atoms with E-state index in [-0.39, 0.29) is 6.61 Å². The van der Waals surface area contributed by atoms with E-state index in [0.29, 0.717) is 0 Å². The van der Waals surface area contributed by atoms with Crippen LogP contribution in [0.5, 0.6) is 0 Å². The van der Waals surface area contributed by atoms with Gasteiger partial charge in [0.15, 0.2) is 0 Å². The molecule has 1 heterocycles. The van der Waals surface area contributed by atoms with Gasteiger partial charge >= 0.3 is 0 Å². The van der Waals surface area contributed by atoms with Crippen molar-refractivity contribution in [1.29, 1.82) is 0 Å². The van der Waals surface area contributed by atoms with Gasteiger partial charge in [0, 0.05) is 0 Å². The number of hydrogen-bond acceptors (Lipinski definition) is 4. The van der Waals surface area contributed by atoms with Gasteiger partial charge in [-0.05, 0) is 22.6 Å². The van der Waals surface area contributed by atoms with Crippen molar-refractivity contribution in [2.45, 2.75) is 22.4 Å². The van der Waals surface area contributed by atoms with Crippen molar-refractivity contribution in [3.05, 3.63) is 0 Å². The zero-order valence-corrected chi connectivity index (χ0v) is 7.30. The Morgan fingerprint density at radius 3 is 2.30 bits per heavy atom. The topological polar surface area (TPSA) is 69.9 Å². The summed E-state index contributed by atoms with van der Waals surface area (Å²) >= 11 is 1.86. The quantitative estimate of drug-likeness (QED) is 0.380. The van der Waals surface area contributed by atoms with Crippen molar-refractivity contribution in [2.24, 2.45) is 0 Å². The van der Waals surface area contributed by atoms with Crippen LogP contribution in [0.25, 0.3) is 0 Å². The van der Waals surface area contributed by atoms with Gasteiger partial charge in [-0.3, -0.25) is 0 Å². The maximum Gasteiger partial charge on any atom is 0.137 e. The summed E-state index contributed by atoms with van der Waals surface area (Å²) in [6, 6.07) is 0. The first-order chi connectivity index (χ1) is 4.63. The Hall–Kier alpha value is 0.570. The van der Waals surface area contributed by atoms with Gasteiger partial charge in [-0.2, -0.15) is 0 Å². The van der Waals surface area contributed by atoms with Gasteiger partial charge < -0.3 is 20.1 Å². The highest BCUT2D eigenvalue weighted by Crippen LogP contribution is 2.19. The molecule has 0 radical (unpaired) electrons. The van der Waals surface area contributed by atoms with Crippen LogP contribution in [0, 0.1) is 0 Å². The molecule has 0 bridgehead atoms. The molecular formula is C5H9IO4. The molecule has 1 aliphatic rings. The van der Waals surface area contributed by atoms with Gasteiger partial charge in [0.1, 0.15) is 22.4 Å². The lowest BCUT2D eigenvalue weighted by Gasteiger charge is -2.32. The highest BCUT2D eigenvalue weighted by molar-refractivity contribution is 14.1. The Kier molecular flexibility index (Phi) is 2.87. The SMILES string of the molecule is OC1C(O)[C@H](I)OC[C@H]1O. The van der Waals surface area contributed by atoms with Gasteiger partial charge in [-0.25, -0.2) is 0 Å². The molecule has 10 heavy (non-hydrogen) atoms. The third-order valence-electron chi connectivity index (χ3n) is 1.44. The summed E-state index contributed by atoms with van der Waals surface area (Å²) in [5.74, 6) is 0. The molecule has 1 fully saturated rings. The number of rotatable bonds is 0. The number of halogens is 1. The summed E-state index contributed by atoms with van der Waals surface area (Å²) in [5.41, 5.74) is 0. The fraction of sp³-hybridized carbons (Fsp3) is 1.00. The summed E-state index contributed by atoms with van der Waals surface area (Å²) in [6.07, 6.45) is -3.01. The normalized spacial score (nSPS) is 49.2. The number of ether oxygens (including phenoxy) is 1. The molecule has 1 saturated heterocycles. The first kappa shape index (κ1) is 8.66. The van der Waals surface area contributed by atoms with Crippen LogP contribution in [0.1, 0.15) is 0 Å². The number of aliphatic hydroxyl groups excluding tert-OH is 3. The molecule has 2 unspecified atom stereocenters. The van der Waals surface area contributed by atoms with Crippen molar-refractivity contribution < 1.29 is 20.1 Å². The van der Waals surface area contributed by atoms with Crippen LogP contribution in [-0.4, -0.2) is 44.3 Å². The van der Waals surface area contributed by atoms with Gasteiger partial charge in [0.25, 0.3) is 0 Å². The smallest absolute Gasteiger partial charge is 0.137 e. The molecule has 4 atom stereocenters. The maximum absolute atomic E-state index is 9.07. The summed E-state index contributed by atoms with van der Waals surface area (Å²) in [6.45, 7) is 0.0891. The second-order valence-corrected chi connectivity index (χ2v) is 3.46. The van der Waals surface area contributed by atoms with E-state index in [0.717, 1.165) is 0 Å². The zero-order valence-electron chi connectivity index (χ0n) is 5.14. The van der Waals surface area contributed by atoms with Crippen LogP contribution < -0.4 is 0 Å². The largest absolute Gasteiger partial charge is 0.388 e. The van der Waals surface area contributed by atoms with E-state index in [1.807, 2.05) is 22.6 Å². The Morgan fingerprint density at radius 2 is 1.80 bits per heavy atom. The molecule has 0 aromatic heterocycles. The second kappa shape index (κ2) is 3.31. The minimum atomic E-state index is -1.07. The third-order valence-corrected chi connectivity index (χ3v) is 2.54. The van der Waals surface area contributed by atoms with Crippen LogP contribution in [0.3, 0.4) is 0 Å². The van der Waals surface area contributed by atoms with E-state index in [1.165, 1.54) is 0 Å². The summed E-state index contributed by atoms with van der Waals surface area (Å²) < 4.78 is 4.48. The lowest BCUT2D eigenvalue weighted by molar-refractivity contribution is -0.156. The van der Waals surface area contributed by atoms with Crippen molar-refractivity contribution in [3.63, 3.8) is 0 Å². The monoisotopic (exact) mass is 260 g/mol. The Morgan fingerprint density at radius 1 is 1.20 bits per heavy atom. The van der Waals surface area contributed by atoms with Gasteiger partial charge in [-0.15, -0.1) is 0 Å². The fourth-order valence-corrected chi connectivity index (χ4v) is 1.40. The maximum atomic E-state index is 9.07. The van der Waals surface area contributed by atoms with Crippen molar-refractivity contribution in [2.75, 3.05) is 6.61 Å². The molecule has 0 spiro atoms. The third kappa shape index (κ3) is 1.59. The van der Waals surface area contributed by atoms with Crippen molar-refractivity contribution >= 4 is 22.6 Å². The second-order valence-electron chi connectivity index (χ2n) is 2.23. The predicted octanol–water partition coefficient (Wildman–Crippen LogP) is -1.14. The average molecular weight is 260 g/mol. The lowest BCUT2D eigenvalue weighted by atomic mass is 10.1. The highest BCUT2D eigenvalue weighted by Gasteiger charge is 2.35. The van der Waals surface area contributed by atoms with E-state index in [2.05, 4.69) is 0 Å². The lowest BCUT2D eigenvalue weighted by Crippen LogP contribution is -2.50. The predicted molar refractivity (Wildman–Crippen MR) is 41.8 cm³/mol. The molecule has 0 aromatic rings. The van der Waals surface area contributed by atoms with Crippen LogP contribution in [0.4, 0.5) is 0 Å². The molecule has 5 heteroatoms. The van der Waals surface area contributed by atoms with E-state index in [4.69, 9.17) is 20.1 Å². The van der Waals surface area contributed by atoms with E-state index >= 15 is 0 Å². The highest BCUT2D eigenvalue weighted by atomic mass is 127. The molecule has 4 nitrogen and oxygen atoms in total. The first-order valence-corrected chi connectivity index (χ1v) is 4.17. The molecule has 3 N–H and O–H groups in total. The summed E-state index contributed by atoms with van der Waals surface area (Å²) in [7, 11) is 0. The zero-order chi connectivity index (χ0) is 7.72. The number of alkyl halides is 1. The fourth-order valence-electron chi connectivity index (χ4n) is 0.770. The summed E-state index contributed by atoms with van der Waals surface area (Å²) in [5, 5.41) is 27.0. The van der Waals surface area contributed by atoms with Crippen LogP contribution in [0.2, 0.25) is 0 Å². The van der Waals surface area contributed by atoms with Crippen molar-refractivity contribution in [3.8, 4) is 0 Å². The molecule has 1 rings (SSSR count). The van der Waals surface area contributed by atoms with Gasteiger partial charge in [-0.1, -0.05) is 0 Å². The standard InChI is InChI=1S/C5H9IO4/c6-5-4(9)3(8)2(7)1-10-5/h2-5,7-9H,1H2/t2-,3?,4?,5-/m1/s1. The minimum Gasteiger partial charge on any atom is -0.388 e. The molecule has 0 amide bonds. The molecule has 0 saturated carbocycles. The summed E-state index contributed by atoms with van der Waals surface area (Å²) in [4.78, 5) is 0. The van der Waals surface area contributed by atoms with Crippen LogP contribution in [-0.2, 0) is 4.74 Å². The molecule has 0 aromatic carbocycles. The van der Waals surface area contributed by atoms with Crippen molar-refractivity contribution in [1.82, 2.24) is 0 Å². The average Bonchev–Trinajstić information content (AvgIpc) is 1.93. The molecule has 60 valence electrons.